The lowest BCUT2D eigenvalue weighted by atomic mass is 10.0. The number of ether oxygens (including phenoxy) is 1. The Morgan fingerprint density at radius 3 is 2.66 bits per heavy atom. The molecule has 2 fully saturated rings. The number of piperidine rings is 1. The Kier molecular flexibility index (Phi) is 7.10. The molecule has 2 aliphatic heterocycles. The summed E-state index contributed by atoms with van der Waals surface area (Å²) in [5.74, 6) is 0.652. The zero-order chi connectivity index (χ0) is 20.8. The second-order valence-corrected chi connectivity index (χ2v) is 7.93. The van der Waals surface area contributed by atoms with Gasteiger partial charge in [-0.25, -0.2) is 0 Å². The fraction of sp³-hybridized carbons (Fsp3) is 0.591. The molecule has 2 aliphatic rings. The van der Waals surface area contributed by atoms with Crippen LogP contribution in [-0.4, -0.2) is 77.9 Å². The van der Waals surface area contributed by atoms with Crippen molar-refractivity contribution in [1.29, 1.82) is 5.26 Å². The van der Waals surface area contributed by atoms with Gasteiger partial charge in [0.1, 0.15) is 5.75 Å². The molecule has 2 amide bonds. The van der Waals surface area contributed by atoms with E-state index in [9.17, 15) is 9.59 Å². The van der Waals surface area contributed by atoms with Crippen LogP contribution >= 0.6 is 0 Å². The van der Waals surface area contributed by atoms with Gasteiger partial charge >= 0.3 is 0 Å². The van der Waals surface area contributed by atoms with Gasteiger partial charge in [-0.15, -0.1) is 0 Å². The first-order valence-corrected chi connectivity index (χ1v) is 10.5. The van der Waals surface area contributed by atoms with Gasteiger partial charge in [0.05, 0.1) is 18.2 Å². The molecule has 1 aromatic carbocycles. The largest absolute Gasteiger partial charge is 0.481 e. The summed E-state index contributed by atoms with van der Waals surface area (Å²) in [4.78, 5) is 31.3. The molecule has 7 heteroatoms. The molecular weight excluding hydrogens is 368 g/mol. The second kappa shape index (κ2) is 9.75. The summed E-state index contributed by atoms with van der Waals surface area (Å²) >= 11 is 0. The van der Waals surface area contributed by atoms with E-state index in [-0.39, 0.29) is 11.8 Å². The molecule has 2 atom stereocenters. The fourth-order valence-corrected chi connectivity index (χ4v) is 4.03. The summed E-state index contributed by atoms with van der Waals surface area (Å²) in [6.07, 6.45) is 2.76. The third-order valence-electron chi connectivity index (χ3n) is 5.79. The van der Waals surface area contributed by atoms with E-state index in [1.807, 2.05) is 4.90 Å². The van der Waals surface area contributed by atoms with E-state index in [0.717, 1.165) is 19.4 Å². The van der Waals surface area contributed by atoms with Crippen LogP contribution in [0.25, 0.3) is 0 Å². The molecule has 7 nitrogen and oxygen atoms in total. The summed E-state index contributed by atoms with van der Waals surface area (Å²) in [6.45, 7) is 7.71. The topological polar surface area (TPSA) is 76.9 Å². The van der Waals surface area contributed by atoms with Crippen LogP contribution in [0.2, 0.25) is 0 Å². The van der Waals surface area contributed by atoms with Gasteiger partial charge in [-0.1, -0.05) is 6.07 Å². The minimum atomic E-state index is -0.619. The summed E-state index contributed by atoms with van der Waals surface area (Å²) in [7, 11) is 0. The summed E-state index contributed by atoms with van der Waals surface area (Å²) in [5, 5.41) is 8.98. The van der Waals surface area contributed by atoms with Crippen molar-refractivity contribution in [3.63, 3.8) is 0 Å². The molecule has 0 radical (unpaired) electrons. The third-order valence-corrected chi connectivity index (χ3v) is 5.79. The predicted octanol–water partition coefficient (Wildman–Crippen LogP) is 1.87. The lowest BCUT2D eigenvalue weighted by molar-refractivity contribution is -0.140. The molecule has 0 aliphatic carbocycles. The molecular formula is C22H30N4O3. The van der Waals surface area contributed by atoms with Crippen LogP contribution in [0.1, 0.15) is 38.7 Å². The Bertz CT molecular complexity index is 768. The van der Waals surface area contributed by atoms with Crippen molar-refractivity contribution in [2.24, 2.45) is 0 Å². The molecule has 0 saturated carbocycles. The highest BCUT2D eigenvalue weighted by molar-refractivity contribution is 5.81. The SMILES string of the molecule is CC(Oc1cccc(C#N)c1)C(=O)N1CCN(CC(=O)N2CCCCC2C)CC1. The number of amides is 2. The van der Waals surface area contributed by atoms with Gasteiger partial charge in [0.15, 0.2) is 6.10 Å². The summed E-state index contributed by atoms with van der Waals surface area (Å²) < 4.78 is 5.74. The molecule has 156 valence electrons. The third kappa shape index (κ3) is 5.48. The molecule has 2 heterocycles. The average molecular weight is 399 g/mol. The van der Waals surface area contributed by atoms with Crippen LogP contribution in [0.3, 0.4) is 0 Å². The predicted molar refractivity (Wildman–Crippen MR) is 109 cm³/mol. The van der Waals surface area contributed by atoms with Crippen LogP contribution in [-0.2, 0) is 9.59 Å². The minimum Gasteiger partial charge on any atom is -0.481 e. The lowest BCUT2D eigenvalue weighted by Gasteiger charge is -2.38. The van der Waals surface area contributed by atoms with Crippen molar-refractivity contribution in [3.8, 4) is 11.8 Å². The number of hydrogen-bond donors (Lipinski definition) is 0. The highest BCUT2D eigenvalue weighted by Gasteiger charge is 2.29. The van der Waals surface area contributed by atoms with Gasteiger partial charge in [-0.2, -0.15) is 5.26 Å². The number of likely N-dealkylation sites (tertiary alicyclic amines) is 1. The maximum Gasteiger partial charge on any atom is 0.263 e. The minimum absolute atomic E-state index is 0.0667. The normalized spacial score (nSPS) is 21.3. The number of rotatable bonds is 5. The Labute approximate surface area is 172 Å². The number of carbonyl (C=O) groups is 2. The van der Waals surface area contributed by atoms with E-state index in [2.05, 4.69) is 17.9 Å². The highest BCUT2D eigenvalue weighted by Crippen LogP contribution is 2.18. The number of carbonyl (C=O) groups excluding carboxylic acids is 2. The average Bonchev–Trinajstić information content (AvgIpc) is 2.74. The van der Waals surface area contributed by atoms with E-state index >= 15 is 0 Å². The summed E-state index contributed by atoms with van der Waals surface area (Å²) in [5.41, 5.74) is 0.503. The molecule has 1 aromatic rings. The number of hydrogen-bond acceptors (Lipinski definition) is 5. The molecule has 0 bridgehead atoms. The fourth-order valence-electron chi connectivity index (χ4n) is 4.03. The van der Waals surface area contributed by atoms with Crippen LogP contribution in [0.5, 0.6) is 5.75 Å². The van der Waals surface area contributed by atoms with Gasteiger partial charge in [0.25, 0.3) is 5.91 Å². The lowest BCUT2D eigenvalue weighted by Crippen LogP contribution is -2.54. The Morgan fingerprint density at radius 1 is 1.21 bits per heavy atom. The van der Waals surface area contributed by atoms with E-state index in [1.54, 1.807) is 36.1 Å². The van der Waals surface area contributed by atoms with Gasteiger partial charge < -0.3 is 14.5 Å². The molecule has 2 unspecified atom stereocenters. The van der Waals surface area contributed by atoms with Gasteiger partial charge in [-0.3, -0.25) is 14.5 Å². The molecule has 29 heavy (non-hydrogen) atoms. The van der Waals surface area contributed by atoms with E-state index in [1.165, 1.54) is 6.42 Å². The van der Waals surface area contributed by atoms with Crippen molar-refractivity contribution in [1.82, 2.24) is 14.7 Å². The first-order chi connectivity index (χ1) is 14.0. The van der Waals surface area contributed by atoms with E-state index in [4.69, 9.17) is 10.00 Å². The number of benzene rings is 1. The smallest absolute Gasteiger partial charge is 0.263 e. The Hall–Kier alpha value is -2.59. The standard InChI is InChI=1S/C22H30N4O3/c1-17-6-3-4-9-26(17)21(27)16-24-10-12-25(13-11-24)22(28)18(2)29-20-8-5-7-19(14-20)15-23/h5,7-8,14,17-18H,3-4,6,9-13,16H2,1-2H3. The van der Waals surface area contributed by atoms with Gasteiger partial charge in [0.2, 0.25) is 5.91 Å². The zero-order valence-electron chi connectivity index (χ0n) is 17.3. The first-order valence-electron chi connectivity index (χ1n) is 10.5. The quantitative estimate of drug-likeness (QED) is 0.757. The van der Waals surface area contributed by atoms with Crippen LogP contribution in [0.4, 0.5) is 0 Å². The van der Waals surface area contributed by atoms with Crippen molar-refractivity contribution < 1.29 is 14.3 Å². The van der Waals surface area contributed by atoms with Crippen LogP contribution in [0.15, 0.2) is 24.3 Å². The van der Waals surface area contributed by atoms with Crippen molar-refractivity contribution in [2.45, 2.75) is 45.3 Å². The molecule has 0 aromatic heterocycles. The van der Waals surface area contributed by atoms with E-state index in [0.29, 0.717) is 50.1 Å². The number of nitrogens with zero attached hydrogens (tertiary/aromatic N) is 4. The molecule has 3 rings (SSSR count). The van der Waals surface area contributed by atoms with Crippen LogP contribution < -0.4 is 4.74 Å². The number of piperazine rings is 1. The molecule has 0 N–H and O–H groups in total. The van der Waals surface area contributed by atoms with Crippen molar-refractivity contribution in [2.75, 3.05) is 39.3 Å². The highest BCUT2D eigenvalue weighted by atomic mass is 16.5. The summed E-state index contributed by atoms with van der Waals surface area (Å²) in [6, 6.07) is 9.22. The maximum absolute atomic E-state index is 12.7. The Morgan fingerprint density at radius 2 is 1.97 bits per heavy atom. The van der Waals surface area contributed by atoms with Crippen molar-refractivity contribution in [3.05, 3.63) is 29.8 Å². The Balaban J connectivity index is 1.46. The number of nitriles is 1. The van der Waals surface area contributed by atoms with E-state index < -0.39 is 6.10 Å². The van der Waals surface area contributed by atoms with Crippen LogP contribution in [0, 0.1) is 11.3 Å². The molecule has 0 spiro atoms. The maximum atomic E-state index is 12.7. The molecule has 2 saturated heterocycles. The van der Waals surface area contributed by atoms with Gasteiger partial charge in [0, 0.05) is 38.8 Å². The van der Waals surface area contributed by atoms with Crippen molar-refractivity contribution >= 4 is 11.8 Å². The van der Waals surface area contributed by atoms with Gasteiger partial charge in [-0.05, 0) is 51.3 Å². The first kappa shape index (κ1) is 21.1. The zero-order valence-corrected chi connectivity index (χ0v) is 17.3. The monoisotopic (exact) mass is 398 g/mol. The second-order valence-electron chi connectivity index (χ2n) is 7.93.